The number of esters is 1. The second-order valence-electron chi connectivity index (χ2n) is 12.9. The Morgan fingerprint density at radius 3 is 2.44 bits per heavy atom. The predicted molar refractivity (Wildman–Crippen MR) is 192 cm³/mol. The number of hydrogen-bond acceptors (Lipinski definition) is 9. The maximum absolute atomic E-state index is 13.6. The van der Waals surface area contributed by atoms with Crippen LogP contribution in [0.2, 0.25) is 0 Å². The number of unbranched alkanes of at least 4 members (excludes halogenated alkanes) is 3. The van der Waals surface area contributed by atoms with Crippen molar-refractivity contribution in [3.05, 3.63) is 72.4 Å². The number of pyridine rings is 1. The van der Waals surface area contributed by atoms with Gasteiger partial charge in [-0.05, 0) is 55.5 Å². The standard InChI is InChI=1S/C36H42F3N7O5S/c1-22(2)21-50-31(47)9-7-5-6-8-16-46-20-26(18-42-46)28-19-41-35(40)32-33(43-45(4)34(28)32)25-12-15-29(44-52(48,49)36(38)39)30(17-25)51-23(3)24-10-13-27(37)14-11-24/h10-15,17-20,22-23,36,44H,5-9,16,21H2,1-4H3,(H2,40,41)/t23-/m0/s1. The summed E-state index contributed by atoms with van der Waals surface area (Å²) in [5.41, 5.74) is 9.77. The average molecular weight is 742 g/mol. The van der Waals surface area contributed by atoms with Gasteiger partial charge < -0.3 is 15.2 Å². The van der Waals surface area contributed by atoms with Crippen molar-refractivity contribution in [3.8, 4) is 28.1 Å². The number of aromatic nitrogens is 5. The molecule has 0 fully saturated rings. The summed E-state index contributed by atoms with van der Waals surface area (Å²) < 4.78 is 81.2. The Labute approximate surface area is 300 Å². The number of ether oxygens (including phenoxy) is 2. The molecule has 0 amide bonds. The number of nitrogens with two attached hydrogens (primary N) is 1. The number of carbonyl (C=O) groups excluding carboxylic acids is 1. The summed E-state index contributed by atoms with van der Waals surface area (Å²) in [4.78, 5) is 16.3. The van der Waals surface area contributed by atoms with E-state index in [1.807, 2.05) is 29.4 Å². The van der Waals surface area contributed by atoms with Crippen molar-refractivity contribution in [3.63, 3.8) is 0 Å². The summed E-state index contributed by atoms with van der Waals surface area (Å²) in [6.45, 7) is 6.78. The molecule has 0 aliphatic heterocycles. The SMILES string of the molecule is CC(C)COC(=O)CCCCCCn1cc(-c2cnc(N)c3c(-c4ccc(NS(=O)(=O)C(F)F)c(O[C@@H](C)c5ccc(F)cc5)c4)nn(C)c23)cn1. The zero-order valence-corrected chi connectivity index (χ0v) is 30.2. The van der Waals surface area contributed by atoms with Crippen LogP contribution in [0.3, 0.4) is 0 Å². The lowest BCUT2D eigenvalue weighted by Crippen LogP contribution is -2.21. The molecule has 5 aromatic rings. The highest BCUT2D eigenvalue weighted by Gasteiger charge is 2.27. The van der Waals surface area contributed by atoms with E-state index < -0.39 is 27.7 Å². The number of carbonyl (C=O) groups is 1. The number of nitrogens with zero attached hydrogens (tertiary/aromatic N) is 5. The molecule has 12 nitrogen and oxygen atoms in total. The highest BCUT2D eigenvalue weighted by atomic mass is 32.2. The van der Waals surface area contributed by atoms with E-state index in [0.717, 1.165) is 36.8 Å². The fraction of sp³-hybridized carbons (Fsp3) is 0.389. The molecule has 3 N–H and O–H groups in total. The maximum Gasteiger partial charge on any atom is 0.355 e. The summed E-state index contributed by atoms with van der Waals surface area (Å²) >= 11 is 0. The fourth-order valence-electron chi connectivity index (χ4n) is 5.64. The van der Waals surface area contributed by atoms with Crippen molar-refractivity contribution in [1.82, 2.24) is 24.5 Å². The summed E-state index contributed by atoms with van der Waals surface area (Å²) in [5.74, 6) is -3.85. The molecule has 3 heterocycles. The Morgan fingerprint density at radius 2 is 1.73 bits per heavy atom. The van der Waals surface area contributed by atoms with Crippen LogP contribution < -0.4 is 15.2 Å². The molecule has 0 radical (unpaired) electrons. The molecule has 0 spiro atoms. The fourth-order valence-corrected chi connectivity index (χ4v) is 6.21. The van der Waals surface area contributed by atoms with Crippen molar-refractivity contribution in [2.24, 2.45) is 13.0 Å². The van der Waals surface area contributed by atoms with Gasteiger partial charge in [-0.1, -0.05) is 44.9 Å². The van der Waals surface area contributed by atoms with Crippen LogP contribution in [0.1, 0.15) is 64.5 Å². The number of anilines is 2. The van der Waals surface area contributed by atoms with Crippen molar-refractivity contribution < 1.29 is 35.9 Å². The van der Waals surface area contributed by atoms with Crippen LogP contribution in [-0.4, -0.2) is 51.3 Å². The Hall–Kier alpha value is -5.12. The highest BCUT2D eigenvalue weighted by Crippen LogP contribution is 2.40. The summed E-state index contributed by atoms with van der Waals surface area (Å²) in [7, 11) is -3.29. The molecule has 52 heavy (non-hydrogen) atoms. The average Bonchev–Trinajstić information content (AvgIpc) is 3.71. The van der Waals surface area contributed by atoms with Gasteiger partial charge in [0.15, 0.2) is 0 Å². The maximum atomic E-state index is 13.6. The van der Waals surface area contributed by atoms with Crippen LogP contribution in [0.4, 0.5) is 24.7 Å². The van der Waals surface area contributed by atoms with Crippen LogP contribution in [0.5, 0.6) is 5.75 Å². The quantitative estimate of drug-likeness (QED) is 0.0729. The summed E-state index contributed by atoms with van der Waals surface area (Å²) in [6, 6.07) is 9.81. The van der Waals surface area contributed by atoms with Gasteiger partial charge in [0.05, 0.1) is 29.4 Å². The number of nitrogen functional groups attached to an aromatic ring is 1. The number of sulfonamides is 1. The van der Waals surface area contributed by atoms with E-state index in [2.05, 4.69) is 10.1 Å². The molecule has 0 aliphatic rings. The van der Waals surface area contributed by atoms with Gasteiger partial charge >= 0.3 is 11.7 Å². The van der Waals surface area contributed by atoms with Gasteiger partial charge in [-0.2, -0.15) is 19.0 Å². The van der Waals surface area contributed by atoms with E-state index in [9.17, 15) is 26.4 Å². The molecule has 2 aromatic carbocycles. The third-order valence-electron chi connectivity index (χ3n) is 8.32. The first-order chi connectivity index (χ1) is 24.7. The summed E-state index contributed by atoms with van der Waals surface area (Å²) in [6.07, 6.45) is 8.46. The minimum Gasteiger partial charge on any atom is -0.484 e. The molecule has 1 atom stereocenters. The van der Waals surface area contributed by atoms with E-state index >= 15 is 0 Å². The molecule has 3 aromatic heterocycles. The van der Waals surface area contributed by atoms with E-state index in [4.69, 9.17) is 20.3 Å². The number of rotatable bonds is 17. The van der Waals surface area contributed by atoms with Gasteiger partial charge in [0.1, 0.15) is 29.2 Å². The van der Waals surface area contributed by atoms with Gasteiger partial charge in [0, 0.05) is 49.1 Å². The molecule has 0 saturated heterocycles. The molecule has 0 saturated carbocycles. The van der Waals surface area contributed by atoms with E-state index in [0.29, 0.717) is 53.2 Å². The first kappa shape index (κ1) is 38.1. The number of hydrogen-bond donors (Lipinski definition) is 2. The zero-order valence-electron chi connectivity index (χ0n) is 29.4. The molecule has 0 unspecified atom stereocenters. The number of halogens is 3. The Morgan fingerprint density at radius 1 is 1.00 bits per heavy atom. The Kier molecular flexibility index (Phi) is 12.1. The monoisotopic (exact) mass is 741 g/mol. The second-order valence-corrected chi connectivity index (χ2v) is 14.6. The topological polar surface area (TPSA) is 156 Å². The van der Waals surface area contributed by atoms with E-state index in [1.165, 1.54) is 42.5 Å². The number of alkyl halides is 2. The predicted octanol–water partition coefficient (Wildman–Crippen LogP) is 7.47. The van der Waals surface area contributed by atoms with Gasteiger partial charge in [-0.15, -0.1) is 0 Å². The van der Waals surface area contributed by atoms with Crippen molar-refractivity contribution in [2.45, 2.75) is 71.3 Å². The van der Waals surface area contributed by atoms with Crippen molar-refractivity contribution >= 4 is 38.4 Å². The minimum atomic E-state index is -5.03. The van der Waals surface area contributed by atoms with Crippen LogP contribution in [0.15, 0.2) is 61.1 Å². The molecule has 16 heteroatoms. The molecular formula is C36H42F3N7O5S. The van der Waals surface area contributed by atoms with Crippen LogP contribution >= 0.6 is 0 Å². The minimum absolute atomic E-state index is 0.0626. The molecular weight excluding hydrogens is 700 g/mol. The largest absolute Gasteiger partial charge is 0.484 e. The van der Waals surface area contributed by atoms with Crippen LogP contribution in [-0.2, 0) is 33.1 Å². The van der Waals surface area contributed by atoms with Crippen molar-refractivity contribution in [1.29, 1.82) is 0 Å². The first-order valence-corrected chi connectivity index (χ1v) is 18.4. The van der Waals surface area contributed by atoms with Crippen LogP contribution in [0.25, 0.3) is 33.3 Å². The Balaban J connectivity index is 1.38. The third kappa shape index (κ3) is 9.21. The van der Waals surface area contributed by atoms with Gasteiger partial charge in [0.2, 0.25) is 0 Å². The van der Waals surface area contributed by atoms with E-state index in [-0.39, 0.29) is 23.2 Å². The highest BCUT2D eigenvalue weighted by molar-refractivity contribution is 7.93. The van der Waals surface area contributed by atoms with Gasteiger partial charge in [-0.3, -0.25) is 18.9 Å². The zero-order chi connectivity index (χ0) is 37.6. The molecule has 278 valence electrons. The lowest BCUT2D eigenvalue weighted by molar-refractivity contribution is -0.144. The molecule has 0 aliphatic carbocycles. The van der Waals surface area contributed by atoms with Gasteiger partial charge in [0.25, 0.3) is 10.0 Å². The first-order valence-electron chi connectivity index (χ1n) is 16.9. The van der Waals surface area contributed by atoms with Crippen LogP contribution in [0, 0.1) is 11.7 Å². The van der Waals surface area contributed by atoms with Gasteiger partial charge in [-0.25, -0.2) is 17.8 Å². The normalized spacial score (nSPS) is 12.5. The number of benzene rings is 2. The smallest absolute Gasteiger partial charge is 0.355 e. The molecule has 0 bridgehead atoms. The van der Waals surface area contributed by atoms with E-state index in [1.54, 1.807) is 31.0 Å². The number of nitrogens with one attached hydrogen (secondary N) is 1. The second kappa shape index (κ2) is 16.5. The molecule has 5 rings (SSSR count). The third-order valence-corrected chi connectivity index (χ3v) is 9.29. The summed E-state index contributed by atoms with van der Waals surface area (Å²) in [5, 5.41) is 9.77. The Bertz CT molecular complexity index is 2120. The van der Waals surface area contributed by atoms with Crippen molar-refractivity contribution in [2.75, 3.05) is 17.1 Å². The lowest BCUT2D eigenvalue weighted by Gasteiger charge is -2.19. The number of aryl methyl sites for hydroxylation is 2. The lowest BCUT2D eigenvalue weighted by atomic mass is 10.0. The number of fused-ring (bicyclic) bond motifs is 1.